The average Bonchev–Trinajstić information content (AvgIpc) is 2.42. The van der Waals surface area contributed by atoms with Crippen LogP contribution in [0.15, 0.2) is 18.2 Å². The largest absolute Gasteiger partial charge is 0.419 e. The van der Waals surface area contributed by atoms with Crippen LogP contribution in [0.2, 0.25) is 0 Å². The Morgan fingerprint density at radius 3 is 2.62 bits per heavy atom. The summed E-state index contributed by atoms with van der Waals surface area (Å²) in [4.78, 5) is 2.12. The van der Waals surface area contributed by atoms with Gasteiger partial charge in [0.05, 0.1) is 5.56 Å². The smallest absolute Gasteiger partial charge is 0.329 e. The van der Waals surface area contributed by atoms with E-state index < -0.39 is 17.6 Å². The first kappa shape index (κ1) is 16.2. The van der Waals surface area contributed by atoms with Crippen LogP contribution in [0, 0.1) is 5.82 Å². The third kappa shape index (κ3) is 3.55. The molecule has 2 rings (SSSR count). The lowest BCUT2D eigenvalue weighted by Crippen LogP contribution is -2.43. The molecule has 118 valence electrons. The van der Waals surface area contributed by atoms with E-state index in [4.69, 9.17) is 5.73 Å². The number of piperidine rings is 1. The monoisotopic (exact) mass is 304 g/mol. The first-order valence-corrected chi connectivity index (χ1v) is 7.17. The molecule has 0 aliphatic carbocycles. The Hall–Kier alpha value is -1.14. The van der Waals surface area contributed by atoms with Gasteiger partial charge in [-0.3, -0.25) is 4.90 Å². The number of alkyl halides is 3. The zero-order valence-corrected chi connectivity index (χ0v) is 12.0. The van der Waals surface area contributed by atoms with E-state index in [1.165, 1.54) is 6.07 Å². The molecule has 1 fully saturated rings. The topological polar surface area (TPSA) is 29.3 Å². The Labute approximate surface area is 121 Å². The molecule has 0 saturated carbocycles. The number of benzene rings is 1. The lowest BCUT2D eigenvalue weighted by molar-refractivity contribution is -0.140. The number of rotatable bonds is 3. The van der Waals surface area contributed by atoms with E-state index in [0.717, 1.165) is 37.9 Å². The molecular weight excluding hydrogens is 284 g/mol. The van der Waals surface area contributed by atoms with E-state index in [9.17, 15) is 17.6 Å². The van der Waals surface area contributed by atoms with Crippen LogP contribution in [0.1, 0.15) is 43.4 Å². The Balaban J connectivity index is 2.34. The van der Waals surface area contributed by atoms with E-state index in [1.807, 2.05) is 0 Å². The van der Waals surface area contributed by atoms with Crippen LogP contribution in [-0.4, -0.2) is 24.0 Å². The molecule has 0 bridgehead atoms. The van der Waals surface area contributed by atoms with E-state index in [2.05, 4.69) is 11.8 Å². The summed E-state index contributed by atoms with van der Waals surface area (Å²) < 4.78 is 51.9. The van der Waals surface area contributed by atoms with Crippen molar-refractivity contribution < 1.29 is 17.6 Å². The third-order valence-corrected chi connectivity index (χ3v) is 4.16. The molecule has 0 aromatic heterocycles. The van der Waals surface area contributed by atoms with Crippen LogP contribution in [0.25, 0.3) is 0 Å². The molecule has 2 nitrogen and oxygen atoms in total. The minimum absolute atomic E-state index is 0.216. The Morgan fingerprint density at radius 2 is 2.05 bits per heavy atom. The summed E-state index contributed by atoms with van der Waals surface area (Å²) in [6, 6.07) is 3.15. The number of hydrogen-bond donors (Lipinski definition) is 1. The maximum absolute atomic E-state index is 13.4. The summed E-state index contributed by atoms with van der Waals surface area (Å²) in [5.74, 6) is -1.24. The summed E-state index contributed by atoms with van der Waals surface area (Å²) in [6.45, 7) is 3.07. The zero-order chi connectivity index (χ0) is 15.6. The van der Waals surface area contributed by atoms with Gasteiger partial charge in [-0.25, -0.2) is 4.39 Å². The Kier molecular flexibility index (Phi) is 4.88. The molecule has 2 atom stereocenters. The van der Waals surface area contributed by atoms with Gasteiger partial charge in [0.15, 0.2) is 0 Å². The third-order valence-electron chi connectivity index (χ3n) is 4.16. The van der Waals surface area contributed by atoms with Crippen molar-refractivity contribution in [3.63, 3.8) is 0 Å². The predicted molar refractivity (Wildman–Crippen MR) is 73.2 cm³/mol. The SMILES string of the molecule is CC1CCCCN1C(CN)c1ccc(F)c(C(F)(F)F)c1. The number of nitrogens with two attached hydrogens (primary N) is 1. The van der Waals surface area contributed by atoms with Gasteiger partial charge in [0.25, 0.3) is 0 Å². The molecule has 0 amide bonds. The first-order chi connectivity index (χ1) is 9.84. The van der Waals surface area contributed by atoms with Crippen molar-refractivity contribution in [2.24, 2.45) is 5.73 Å². The van der Waals surface area contributed by atoms with Crippen LogP contribution in [0.4, 0.5) is 17.6 Å². The minimum atomic E-state index is -4.69. The zero-order valence-electron chi connectivity index (χ0n) is 12.0. The molecule has 0 radical (unpaired) electrons. The average molecular weight is 304 g/mol. The normalized spacial score (nSPS) is 22.3. The highest BCUT2D eigenvalue weighted by Crippen LogP contribution is 2.35. The quantitative estimate of drug-likeness (QED) is 0.862. The number of nitrogens with zero attached hydrogens (tertiary/aromatic N) is 1. The van der Waals surface area contributed by atoms with Gasteiger partial charge in [-0.2, -0.15) is 13.2 Å². The fraction of sp³-hybridized carbons (Fsp3) is 0.600. The van der Waals surface area contributed by atoms with Crippen molar-refractivity contribution >= 4 is 0 Å². The molecular formula is C15H20F4N2. The summed E-state index contributed by atoms with van der Waals surface area (Å²) >= 11 is 0. The maximum atomic E-state index is 13.4. The molecule has 21 heavy (non-hydrogen) atoms. The molecule has 1 aromatic carbocycles. The van der Waals surface area contributed by atoms with E-state index in [0.29, 0.717) is 5.56 Å². The van der Waals surface area contributed by atoms with Crippen LogP contribution < -0.4 is 5.73 Å². The molecule has 1 aromatic rings. The van der Waals surface area contributed by atoms with Crippen LogP contribution in [0.5, 0.6) is 0 Å². The number of likely N-dealkylation sites (tertiary alicyclic amines) is 1. The summed E-state index contributed by atoms with van der Waals surface area (Å²) in [5, 5.41) is 0. The lowest BCUT2D eigenvalue weighted by Gasteiger charge is -2.39. The van der Waals surface area contributed by atoms with E-state index in [-0.39, 0.29) is 18.6 Å². The van der Waals surface area contributed by atoms with Gasteiger partial charge in [0.1, 0.15) is 5.82 Å². The maximum Gasteiger partial charge on any atom is 0.419 e. The lowest BCUT2D eigenvalue weighted by atomic mass is 9.96. The molecule has 6 heteroatoms. The van der Waals surface area contributed by atoms with Crippen molar-refractivity contribution in [1.29, 1.82) is 0 Å². The molecule has 1 saturated heterocycles. The summed E-state index contributed by atoms with van der Waals surface area (Å²) in [5.41, 5.74) is 4.99. The highest BCUT2D eigenvalue weighted by Gasteiger charge is 2.35. The van der Waals surface area contributed by atoms with E-state index in [1.54, 1.807) is 0 Å². The first-order valence-electron chi connectivity index (χ1n) is 7.17. The summed E-state index contributed by atoms with van der Waals surface area (Å²) in [7, 11) is 0. The molecule has 2 unspecified atom stereocenters. The van der Waals surface area contributed by atoms with Crippen LogP contribution in [0.3, 0.4) is 0 Å². The summed E-state index contributed by atoms with van der Waals surface area (Å²) in [6.07, 6.45) is -1.56. The molecule has 1 aliphatic rings. The van der Waals surface area contributed by atoms with Gasteiger partial charge in [-0.05, 0) is 44.0 Å². The minimum Gasteiger partial charge on any atom is -0.329 e. The van der Waals surface area contributed by atoms with Crippen molar-refractivity contribution in [3.8, 4) is 0 Å². The van der Waals surface area contributed by atoms with Crippen molar-refractivity contribution in [2.45, 2.75) is 44.4 Å². The molecule has 1 aliphatic heterocycles. The molecule has 1 heterocycles. The van der Waals surface area contributed by atoms with Gasteiger partial charge in [0, 0.05) is 18.6 Å². The second kappa shape index (κ2) is 6.32. The Bertz CT molecular complexity index is 487. The second-order valence-electron chi connectivity index (χ2n) is 5.57. The number of halogens is 4. The fourth-order valence-corrected chi connectivity index (χ4v) is 3.01. The highest BCUT2D eigenvalue weighted by atomic mass is 19.4. The molecule has 2 N–H and O–H groups in total. The molecule has 0 spiro atoms. The van der Waals surface area contributed by atoms with Crippen LogP contribution in [-0.2, 0) is 6.18 Å². The van der Waals surface area contributed by atoms with Crippen LogP contribution >= 0.6 is 0 Å². The van der Waals surface area contributed by atoms with E-state index >= 15 is 0 Å². The van der Waals surface area contributed by atoms with Crippen molar-refractivity contribution in [1.82, 2.24) is 4.90 Å². The van der Waals surface area contributed by atoms with Crippen molar-refractivity contribution in [3.05, 3.63) is 35.1 Å². The van der Waals surface area contributed by atoms with Gasteiger partial charge < -0.3 is 5.73 Å². The highest BCUT2D eigenvalue weighted by molar-refractivity contribution is 5.30. The predicted octanol–water partition coefficient (Wildman–Crippen LogP) is 3.72. The fourth-order valence-electron chi connectivity index (χ4n) is 3.01. The van der Waals surface area contributed by atoms with Gasteiger partial charge in [-0.1, -0.05) is 12.5 Å². The van der Waals surface area contributed by atoms with Gasteiger partial charge >= 0.3 is 6.18 Å². The standard InChI is InChI=1S/C15H20F4N2/c1-10-4-2-3-7-21(10)14(9-20)11-5-6-13(16)12(8-11)15(17,18)19/h5-6,8,10,14H,2-4,7,9,20H2,1H3. The number of hydrogen-bond acceptors (Lipinski definition) is 2. The van der Waals surface area contributed by atoms with Gasteiger partial charge in [-0.15, -0.1) is 0 Å². The Morgan fingerprint density at radius 1 is 1.33 bits per heavy atom. The van der Waals surface area contributed by atoms with Crippen molar-refractivity contribution in [2.75, 3.05) is 13.1 Å². The van der Waals surface area contributed by atoms with Gasteiger partial charge in [0.2, 0.25) is 0 Å². The second-order valence-corrected chi connectivity index (χ2v) is 5.57.